The molecule has 1 aliphatic rings. The Morgan fingerprint density at radius 2 is 1.88 bits per heavy atom. The lowest BCUT2D eigenvalue weighted by Crippen LogP contribution is -2.44. The molecule has 5 nitrogen and oxygen atoms in total. The zero-order valence-electron chi connectivity index (χ0n) is 15.8. The van der Waals surface area contributed by atoms with Crippen LogP contribution < -0.4 is 4.72 Å². The molecule has 3 atom stereocenters. The number of carbonyl (C=O) groups excluding carboxylic acids is 1. The number of carbonyl (C=O) groups is 1. The van der Waals surface area contributed by atoms with Crippen LogP contribution in [0.4, 0.5) is 0 Å². The Morgan fingerprint density at radius 3 is 2.38 bits per heavy atom. The standard InChI is InChI=1S/C19H28INO4S/c1-13-5-9-16(10-6-13)26(23,24)21-17(14-7-8-15(20)11-14)12-25-18(22)19(2,3)4/h5-6,9-10,14-15,17,21H,7-8,11-12H2,1-4H3. The van der Waals surface area contributed by atoms with Gasteiger partial charge in [0.1, 0.15) is 6.61 Å². The molecule has 1 aromatic rings. The molecule has 1 N–H and O–H groups in total. The molecular formula is C19H28INO4S. The normalized spacial score (nSPS) is 22.2. The number of alkyl halides is 1. The van der Waals surface area contributed by atoms with Gasteiger partial charge in [0, 0.05) is 3.92 Å². The highest BCUT2D eigenvalue weighted by Gasteiger charge is 2.34. The third-order valence-electron chi connectivity index (χ3n) is 4.62. The molecule has 1 aliphatic carbocycles. The molecule has 0 saturated heterocycles. The summed E-state index contributed by atoms with van der Waals surface area (Å²) in [4.78, 5) is 12.4. The van der Waals surface area contributed by atoms with Crippen molar-refractivity contribution in [2.24, 2.45) is 11.3 Å². The van der Waals surface area contributed by atoms with E-state index >= 15 is 0 Å². The third-order valence-corrected chi connectivity index (χ3v) is 7.26. The number of halogens is 1. The first-order valence-electron chi connectivity index (χ1n) is 8.89. The molecule has 0 aromatic heterocycles. The zero-order valence-corrected chi connectivity index (χ0v) is 18.8. The van der Waals surface area contributed by atoms with Crippen molar-refractivity contribution in [3.05, 3.63) is 29.8 Å². The first-order valence-corrected chi connectivity index (χ1v) is 11.6. The summed E-state index contributed by atoms with van der Waals surface area (Å²) < 4.78 is 34.3. The van der Waals surface area contributed by atoms with Crippen LogP contribution in [0.25, 0.3) is 0 Å². The lowest BCUT2D eigenvalue weighted by Gasteiger charge is -2.26. The monoisotopic (exact) mass is 493 g/mol. The van der Waals surface area contributed by atoms with Gasteiger partial charge in [0.15, 0.2) is 0 Å². The number of hydrogen-bond acceptors (Lipinski definition) is 4. The fourth-order valence-electron chi connectivity index (χ4n) is 2.96. The van der Waals surface area contributed by atoms with E-state index in [9.17, 15) is 13.2 Å². The van der Waals surface area contributed by atoms with Crippen LogP contribution in [-0.2, 0) is 19.6 Å². The maximum absolute atomic E-state index is 12.8. The molecule has 0 spiro atoms. The summed E-state index contributed by atoms with van der Waals surface area (Å²) in [6, 6.07) is 6.35. The summed E-state index contributed by atoms with van der Waals surface area (Å²) in [6.07, 6.45) is 2.91. The Balaban J connectivity index is 2.15. The molecular weight excluding hydrogens is 465 g/mol. The predicted molar refractivity (Wildman–Crippen MR) is 111 cm³/mol. The van der Waals surface area contributed by atoms with Gasteiger partial charge >= 0.3 is 5.97 Å². The van der Waals surface area contributed by atoms with Crippen molar-refractivity contribution in [2.75, 3.05) is 6.61 Å². The van der Waals surface area contributed by atoms with Crippen LogP contribution in [0.1, 0.15) is 45.6 Å². The molecule has 1 fully saturated rings. The van der Waals surface area contributed by atoms with Gasteiger partial charge in [-0.1, -0.05) is 40.3 Å². The molecule has 146 valence electrons. The molecule has 1 saturated carbocycles. The highest BCUT2D eigenvalue weighted by Crippen LogP contribution is 2.34. The third kappa shape index (κ3) is 5.92. The summed E-state index contributed by atoms with van der Waals surface area (Å²) in [5.74, 6) is -0.147. The fourth-order valence-corrected chi connectivity index (χ4v) is 5.26. The number of benzene rings is 1. The van der Waals surface area contributed by atoms with E-state index in [1.54, 1.807) is 45.0 Å². The van der Waals surface area contributed by atoms with E-state index in [0.29, 0.717) is 3.92 Å². The van der Waals surface area contributed by atoms with Gasteiger partial charge in [-0.2, -0.15) is 0 Å². The van der Waals surface area contributed by atoms with E-state index in [0.717, 1.165) is 24.8 Å². The molecule has 7 heteroatoms. The van der Waals surface area contributed by atoms with Crippen LogP contribution >= 0.6 is 22.6 Å². The van der Waals surface area contributed by atoms with Crippen LogP contribution in [-0.4, -0.2) is 31.0 Å². The second kappa shape index (κ2) is 8.56. The highest BCUT2D eigenvalue weighted by molar-refractivity contribution is 14.1. The van der Waals surface area contributed by atoms with Gasteiger partial charge in [-0.25, -0.2) is 13.1 Å². The summed E-state index contributed by atoms with van der Waals surface area (Å²) >= 11 is 2.40. The average molecular weight is 493 g/mol. The minimum absolute atomic E-state index is 0.0647. The van der Waals surface area contributed by atoms with E-state index in [4.69, 9.17) is 4.74 Å². The Bertz CT molecular complexity index is 725. The Labute approximate surface area is 170 Å². The van der Waals surface area contributed by atoms with Crippen LogP contribution in [0, 0.1) is 18.3 Å². The van der Waals surface area contributed by atoms with Crippen LogP contribution in [0.5, 0.6) is 0 Å². The van der Waals surface area contributed by atoms with Gasteiger partial charge < -0.3 is 4.74 Å². The number of sulfonamides is 1. The predicted octanol–water partition coefficient (Wildman–Crippen LogP) is 3.83. The topological polar surface area (TPSA) is 72.5 Å². The maximum atomic E-state index is 12.8. The van der Waals surface area contributed by atoms with Crippen molar-refractivity contribution in [3.8, 4) is 0 Å². The summed E-state index contributed by atoms with van der Waals surface area (Å²) in [7, 11) is -3.66. The Kier molecular flexibility index (Phi) is 7.12. The van der Waals surface area contributed by atoms with E-state index in [-0.39, 0.29) is 23.4 Å². The molecule has 0 bridgehead atoms. The van der Waals surface area contributed by atoms with E-state index in [1.165, 1.54) is 0 Å². The highest BCUT2D eigenvalue weighted by atomic mass is 127. The largest absolute Gasteiger partial charge is 0.464 e. The summed E-state index contributed by atoms with van der Waals surface area (Å²) in [6.45, 7) is 7.35. The van der Waals surface area contributed by atoms with Crippen molar-refractivity contribution in [1.82, 2.24) is 4.72 Å². The SMILES string of the molecule is Cc1ccc(S(=O)(=O)NC(COC(=O)C(C)(C)C)C2CCC(I)C2)cc1. The van der Waals surface area contributed by atoms with E-state index in [2.05, 4.69) is 27.3 Å². The van der Waals surface area contributed by atoms with Gasteiger partial charge in [-0.3, -0.25) is 4.79 Å². The van der Waals surface area contributed by atoms with Gasteiger partial charge in [0.05, 0.1) is 16.4 Å². The molecule has 1 aromatic carbocycles. The lowest BCUT2D eigenvalue weighted by molar-refractivity contribution is -0.153. The minimum atomic E-state index is -3.66. The molecule has 0 aliphatic heterocycles. The molecule has 0 radical (unpaired) electrons. The van der Waals surface area contributed by atoms with Gasteiger partial charge in [0.25, 0.3) is 0 Å². The number of ether oxygens (including phenoxy) is 1. The minimum Gasteiger partial charge on any atom is -0.464 e. The fraction of sp³-hybridized carbons (Fsp3) is 0.632. The molecule has 0 heterocycles. The summed E-state index contributed by atoms with van der Waals surface area (Å²) in [5, 5.41) is 0. The van der Waals surface area contributed by atoms with Crippen LogP contribution in [0.15, 0.2) is 29.2 Å². The van der Waals surface area contributed by atoms with Crippen molar-refractivity contribution in [3.63, 3.8) is 0 Å². The quantitative estimate of drug-likeness (QED) is 0.372. The smallest absolute Gasteiger partial charge is 0.311 e. The molecule has 26 heavy (non-hydrogen) atoms. The number of rotatable bonds is 6. The lowest BCUT2D eigenvalue weighted by atomic mass is 9.97. The van der Waals surface area contributed by atoms with Gasteiger partial charge in [-0.05, 0) is 65.0 Å². The number of aryl methyl sites for hydroxylation is 1. The number of nitrogens with one attached hydrogen (secondary N) is 1. The van der Waals surface area contributed by atoms with Crippen molar-refractivity contribution in [2.45, 2.75) is 61.8 Å². The van der Waals surface area contributed by atoms with Gasteiger partial charge in [-0.15, -0.1) is 0 Å². The van der Waals surface area contributed by atoms with Gasteiger partial charge in [0.2, 0.25) is 10.0 Å². The van der Waals surface area contributed by atoms with E-state index in [1.807, 2.05) is 6.92 Å². The molecule has 2 rings (SSSR count). The second-order valence-electron chi connectivity index (χ2n) is 8.06. The van der Waals surface area contributed by atoms with Crippen LogP contribution in [0.2, 0.25) is 0 Å². The van der Waals surface area contributed by atoms with E-state index < -0.39 is 21.5 Å². The number of esters is 1. The molecule has 0 amide bonds. The summed E-state index contributed by atoms with van der Waals surface area (Å²) in [5.41, 5.74) is 0.394. The maximum Gasteiger partial charge on any atom is 0.311 e. The molecule has 3 unspecified atom stereocenters. The Hall–Kier alpha value is -0.670. The van der Waals surface area contributed by atoms with Crippen molar-refractivity contribution < 1.29 is 17.9 Å². The van der Waals surface area contributed by atoms with Crippen LogP contribution in [0.3, 0.4) is 0 Å². The first-order chi connectivity index (χ1) is 12.0. The second-order valence-corrected chi connectivity index (χ2v) is 11.5. The first kappa shape index (κ1) is 21.6. The zero-order chi connectivity index (χ0) is 19.5. The van der Waals surface area contributed by atoms with Crippen molar-refractivity contribution >= 4 is 38.6 Å². The average Bonchev–Trinajstić information content (AvgIpc) is 2.97. The Morgan fingerprint density at radius 1 is 1.27 bits per heavy atom. The van der Waals surface area contributed by atoms with Crippen molar-refractivity contribution in [1.29, 1.82) is 0 Å². The number of hydrogen-bond donors (Lipinski definition) is 1.